The zero-order valence-corrected chi connectivity index (χ0v) is 11.5. The first-order chi connectivity index (χ1) is 6.71. The summed E-state index contributed by atoms with van der Waals surface area (Å²) < 4.78 is 0. The van der Waals surface area contributed by atoms with Gasteiger partial charge in [0.05, 0.1) is 0 Å². The number of nitrogens with one attached hydrogen (secondary N) is 1. The van der Waals surface area contributed by atoms with E-state index < -0.39 is 0 Å². The molecule has 0 radical (unpaired) electrons. The van der Waals surface area contributed by atoms with Crippen molar-refractivity contribution < 1.29 is 0 Å². The van der Waals surface area contributed by atoms with Crippen LogP contribution in [0.1, 0.15) is 67.2 Å². The van der Waals surface area contributed by atoms with Crippen LogP contribution in [0.3, 0.4) is 0 Å². The Bertz CT molecular complexity index is 180. The van der Waals surface area contributed by atoms with Crippen molar-refractivity contribution in [3.8, 4) is 0 Å². The van der Waals surface area contributed by atoms with Crippen LogP contribution in [0.2, 0.25) is 0 Å². The average molecular weight is 211 g/mol. The maximum atomic E-state index is 3.88. The molecule has 0 atom stereocenters. The van der Waals surface area contributed by atoms with Crippen molar-refractivity contribution in [2.24, 2.45) is 10.8 Å². The molecule has 0 unspecified atom stereocenters. The summed E-state index contributed by atoms with van der Waals surface area (Å²) in [5.41, 5.74) is 0.946. The minimum Gasteiger partial charge on any atom is -0.310 e. The van der Waals surface area contributed by atoms with Crippen LogP contribution in [0, 0.1) is 10.8 Å². The van der Waals surface area contributed by atoms with E-state index in [-0.39, 0.29) is 5.54 Å². The second-order valence-electron chi connectivity index (χ2n) is 7.14. The van der Waals surface area contributed by atoms with Gasteiger partial charge in [-0.25, -0.2) is 0 Å². The highest BCUT2D eigenvalue weighted by Crippen LogP contribution is 2.47. The number of hydrogen-bond acceptors (Lipinski definition) is 1. The van der Waals surface area contributed by atoms with Gasteiger partial charge in [0.1, 0.15) is 0 Å². The molecule has 1 heterocycles. The zero-order chi connectivity index (χ0) is 11.7. The third-order valence-electron chi connectivity index (χ3n) is 4.22. The molecule has 0 aromatic rings. The van der Waals surface area contributed by atoms with Gasteiger partial charge in [-0.05, 0) is 30.2 Å². The summed E-state index contributed by atoms with van der Waals surface area (Å²) >= 11 is 0. The minimum absolute atomic E-state index is 0.288. The highest BCUT2D eigenvalue weighted by atomic mass is 15.0. The molecule has 1 aliphatic rings. The maximum Gasteiger partial charge on any atom is 0.0278 e. The smallest absolute Gasteiger partial charge is 0.0278 e. The lowest BCUT2D eigenvalue weighted by atomic mass is 9.58. The number of rotatable bonds is 0. The van der Waals surface area contributed by atoms with Crippen molar-refractivity contribution in [3.63, 3.8) is 0 Å². The van der Waals surface area contributed by atoms with E-state index in [4.69, 9.17) is 0 Å². The fraction of sp³-hybridized carbons (Fsp3) is 1.00. The lowest BCUT2D eigenvalue weighted by Gasteiger charge is -2.54. The van der Waals surface area contributed by atoms with Crippen molar-refractivity contribution in [3.05, 3.63) is 0 Å². The van der Waals surface area contributed by atoms with Crippen molar-refractivity contribution in [1.82, 2.24) is 5.32 Å². The summed E-state index contributed by atoms with van der Waals surface area (Å²) in [6.45, 7) is 15.5. The van der Waals surface area contributed by atoms with Crippen molar-refractivity contribution in [2.45, 2.75) is 72.8 Å². The van der Waals surface area contributed by atoms with Crippen LogP contribution in [0.15, 0.2) is 0 Å². The highest BCUT2D eigenvalue weighted by molar-refractivity contribution is 5.06. The third-order valence-corrected chi connectivity index (χ3v) is 4.22. The molecule has 1 rings (SSSR count). The van der Waals surface area contributed by atoms with Crippen molar-refractivity contribution >= 4 is 0 Å². The van der Waals surface area contributed by atoms with E-state index in [2.05, 4.69) is 46.9 Å². The molecule has 0 aliphatic carbocycles. The predicted molar refractivity (Wildman–Crippen MR) is 68.1 cm³/mol. The molecular formula is C14H29N. The largest absolute Gasteiger partial charge is 0.310 e. The zero-order valence-electron chi connectivity index (χ0n) is 11.5. The number of hydrogen-bond donors (Lipinski definition) is 1. The molecule has 15 heavy (non-hydrogen) atoms. The first-order valence-electron chi connectivity index (χ1n) is 6.46. The summed E-state index contributed by atoms with van der Waals surface area (Å²) in [7, 11) is 0. The lowest BCUT2D eigenvalue weighted by molar-refractivity contribution is 0.0174. The van der Waals surface area contributed by atoms with Gasteiger partial charge in [0.15, 0.2) is 0 Å². The van der Waals surface area contributed by atoms with E-state index in [1.54, 1.807) is 0 Å². The van der Waals surface area contributed by atoms with Crippen LogP contribution in [0.25, 0.3) is 0 Å². The van der Waals surface area contributed by atoms with Crippen molar-refractivity contribution in [1.29, 1.82) is 0 Å². The van der Waals surface area contributed by atoms with E-state index in [0.717, 1.165) is 0 Å². The molecule has 0 bridgehead atoms. The monoisotopic (exact) mass is 211 g/mol. The van der Waals surface area contributed by atoms with Crippen LogP contribution in [0.5, 0.6) is 0 Å². The Morgan fingerprint density at radius 2 is 1.33 bits per heavy atom. The molecule has 90 valence electrons. The van der Waals surface area contributed by atoms with Crippen LogP contribution >= 0.6 is 0 Å². The third kappa shape index (κ3) is 2.38. The Hall–Kier alpha value is -0.0400. The van der Waals surface area contributed by atoms with Crippen molar-refractivity contribution in [2.75, 3.05) is 6.54 Å². The summed E-state index contributed by atoms with van der Waals surface area (Å²) in [5.74, 6) is 0. The van der Waals surface area contributed by atoms with Crippen LogP contribution in [0.4, 0.5) is 0 Å². The molecule has 1 fully saturated rings. The SMILES string of the molecule is CC(C)(C)C1(C(C)(C)C)CCCCCN1. The predicted octanol–water partition coefficient (Wildman–Crippen LogP) is 3.98. The first kappa shape index (κ1) is 13.0. The van der Waals surface area contributed by atoms with Gasteiger partial charge in [0.2, 0.25) is 0 Å². The molecule has 1 N–H and O–H groups in total. The topological polar surface area (TPSA) is 12.0 Å². The van der Waals surface area contributed by atoms with Gasteiger partial charge in [-0.2, -0.15) is 0 Å². The molecular weight excluding hydrogens is 182 g/mol. The van der Waals surface area contributed by atoms with Crippen LogP contribution in [-0.4, -0.2) is 12.1 Å². The first-order valence-corrected chi connectivity index (χ1v) is 6.46. The van der Waals surface area contributed by atoms with Crippen LogP contribution in [-0.2, 0) is 0 Å². The van der Waals surface area contributed by atoms with E-state index >= 15 is 0 Å². The fourth-order valence-corrected chi connectivity index (χ4v) is 3.49. The second-order valence-corrected chi connectivity index (χ2v) is 7.14. The molecule has 1 heteroatoms. The van der Waals surface area contributed by atoms with Crippen LogP contribution < -0.4 is 5.32 Å². The normalized spacial score (nSPS) is 23.6. The Kier molecular flexibility index (Phi) is 3.55. The molecule has 0 spiro atoms. The molecule has 1 saturated heterocycles. The Balaban J connectivity index is 3.05. The molecule has 1 aliphatic heterocycles. The molecule has 0 amide bonds. The Morgan fingerprint density at radius 3 is 1.80 bits per heavy atom. The molecule has 1 nitrogen and oxygen atoms in total. The quantitative estimate of drug-likeness (QED) is 0.639. The van der Waals surface area contributed by atoms with Gasteiger partial charge in [-0.15, -0.1) is 0 Å². The fourth-order valence-electron chi connectivity index (χ4n) is 3.49. The van der Waals surface area contributed by atoms with Gasteiger partial charge in [0, 0.05) is 5.54 Å². The maximum absolute atomic E-state index is 3.88. The van der Waals surface area contributed by atoms with E-state index in [1.165, 1.54) is 32.2 Å². The lowest BCUT2D eigenvalue weighted by Crippen LogP contribution is -2.62. The molecule has 0 aromatic heterocycles. The summed E-state index contributed by atoms with van der Waals surface area (Å²) in [4.78, 5) is 0. The molecule has 0 aromatic carbocycles. The minimum atomic E-state index is 0.288. The molecule has 0 saturated carbocycles. The second kappa shape index (κ2) is 4.08. The summed E-state index contributed by atoms with van der Waals surface area (Å²) in [6.07, 6.45) is 5.43. The standard InChI is InChI=1S/C14H29N/c1-12(2,3)14(13(4,5)6)10-8-7-9-11-15-14/h15H,7-11H2,1-6H3. The van der Waals surface area contributed by atoms with Gasteiger partial charge in [-0.1, -0.05) is 54.4 Å². The summed E-state index contributed by atoms with van der Waals surface area (Å²) in [5, 5.41) is 3.88. The van der Waals surface area contributed by atoms with E-state index in [9.17, 15) is 0 Å². The Morgan fingerprint density at radius 1 is 0.800 bits per heavy atom. The van der Waals surface area contributed by atoms with E-state index in [0.29, 0.717) is 10.8 Å². The Labute approximate surface area is 96.0 Å². The summed E-state index contributed by atoms with van der Waals surface area (Å²) in [6, 6.07) is 0. The van der Waals surface area contributed by atoms with Gasteiger partial charge in [-0.3, -0.25) is 0 Å². The van der Waals surface area contributed by atoms with E-state index in [1.807, 2.05) is 0 Å². The van der Waals surface area contributed by atoms with Gasteiger partial charge >= 0.3 is 0 Å². The average Bonchev–Trinajstić information content (AvgIpc) is 2.25. The van der Waals surface area contributed by atoms with Gasteiger partial charge in [0.25, 0.3) is 0 Å². The highest BCUT2D eigenvalue weighted by Gasteiger charge is 2.49. The van der Waals surface area contributed by atoms with Gasteiger partial charge < -0.3 is 5.32 Å².